The summed E-state index contributed by atoms with van der Waals surface area (Å²) in [6.45, 7) is 4.67. The number of nitrogens with zero attached hydrogens (tertiary/aromatic N) is 2. The number of ether oxygens (including phenoxy) is 1. The lowest BCUT2D eigenvalue weighted by Crippen LogP contribution is -2.34. The third-order valence-electron chi connectivity index (χ3n) is 5.67. The molecule has 1 saturated heterocycles. The van der Waals surface area contributed by atoms with E-state index in [1.807, 2.05) is 6.92 Å². The average molecular weight is 490 g/mol. The minimum atomic E-state index is -0.521. The lowest BCUT2D eigenvalue weighted by molar-refractivity contribution is -0.120. The molecule has 9 heteroatoms. The summed E-state index contributed by atoms with van der Waals surface area (Å²) in [5.41, 5.74) is 1.11. The van der Waals surface area contributed by atoms with Gasteiger partial charge in [-0.15, -0.1) is 0 Å². The summed E-state index contributed by atoms with van der Waals surface area (Å²) in [6.07, 6.45) is 1.77. The molecule has 0 unspecified atom stereocenters. The second kappa shape index (κ2) is 10.2. The zero-order valence-corrected chi connectivity index (χ0v) is 20.0. The van der Waals surface area contributed by atoms with Crippen LogP contribution in [0.5, 0.6) is 0 Å². The van der Waals surface area contributed by atoms with Gasteiger partial charge in [-0.3, -0.25) is 14.2 Å². The molecule has 6 nitrogen and oxygen atoms in total. The smallest absolute Gasteiger partial charge is 0.262 e. The van der Waals surface area contributed by atoms with Crippen LogP contribution in [0.3, 0.4) is 0 Å². The molecule has 0 spiro atoms. The normalized spacial score (nSPS) is 17.8. The Balaban J connectivity index is 1.58. The number of fused-ring (bicyclic) bond motifs is 1. The van der Waals surface area contributed by atoms with Crippen molar-refractivity contribution in [3.05, 3.63) is 69.2 Å². The maximum absolute atomic E-state index is 13.3. The van der Waals surface area contributed by atoms with Crippen molar-refractivity contribution < 1.29 is 13.9 Å². The summed E-state index contributed by atoms with van der Waals surface area (Å²) in [4.78, 5) is 30.8. The second-order valence-electron chi connectivity index (χ2n) is 8.15. The van der Waals surface area contributed by atoms with Gasteiger partial charge in [0, 0.05) is 11.6 Å². The largest absolute Gasteiger partial charge is 0.376 e. The van der Waals surface area contributed by atoms with Crippen LogP contribution in [0.4, 0.5) is 4.39 Å². The van der Waals surface area contributed by atoms with Gasteiger partial charge in [0.1, 0.15) is 5.82 Å². The minimum Gasteiger partial charge on any atom is -0.376 e. The number of halogens is 2. The lowest BCUT2D eigenvalue weighted by atomic mass is 10.1. The van der Waals surface area contributed by atoms with E-state index in [-0.39, 0.29) is 29.4 Å². The highest BCUT2D eigenvalue weighted by Gasteiger charge is 2.24. The number of hydrogen-bond acceptors (Lipinski definition) is 5. The van der Waals surface area contributed by atoms with Crippen LogP contribution in [-0.4, -0.2) is 33.4 Å². The van der Waals surface area contributed by atoms with Crippen molar-refractivity contribution in [3.8, 4) is 0 Å². The standard InChI is InChI=1S/C24H25ClFN3O3S/c1-14(16-5-8-18(26)9-6-16)27-22(30)15(2)33-24-28-21-12-17(25)7-10-20(21)23(31)29(24)13-19-4-3-11-32-19/h5-10,12,14-15,19H,3-4,11,13H2,1-2H3,(H,27,30)/t14-,15+,19-/m1/s1. The van der Waals surface area contributed by atoms with E-state index in [1.54, 1.807) is 41.8 Å². The number of hydrogen-bond donors (Lipinski definition) is 1. The molecule has 2 heterocycles. The quantitative estimate of drug-likeness (QED) is 0.384. The van der Waals surface area contributed by atoms with Gasteiger partial charge in [-0.05, 0) is 62.6 Å². The lowest BCUT2D eigenvalue weighted by Gasteiger charge is -2.20. The Bertz CT molecular complexity index is 1210. The van der Waals surface area contributed by atoms with E-state index in [2.05, 4.69) is 10.3 Å². The molecule has 1 aliphatic rings. The fourth-order valence-electron chi connectivity index (χ4n) is 3.79. The fourth-order valence-corrected chi connectivity index (χ4v) is 4.89. The molecule has 1 aliphatic heterocycles. The Hall–Kier alpha value is -2.42. The van der Waals surface area contributed by atoms with E-state index in [0.29, 0.717) is 34.2 Å². The van der Waals surface area contributed by atoms with Gasteiger partial charge in [-0.25, -0.2) is 9.37 Å². The van der Waals surface area contributed by atoms with Gasteiger partial charge >= 0.3 is 0 Å². The van der Waals surface area contributed by atoms with E-state index in [9.17, 15) is 14.0 Å². The number of benzene rings is 2. The first-order chi connectivity index (χ1) is 15.8. The molecule has 33 heavy (non-hydrogen) atoms. The van der Waals surface area contributed by atoms with Crippen LogP contribution < -0.4 is 10.9 Å². The summed E-state index contributed by atoms with van der Waals surface area (Å²) in [5.74, 6) is -0.533. The molecule has 3 aromatic rings. The molecule has 1 aromatic heterocycles. The van der Waals surface area contributed by atoms with Crippen LogP contribution in [0.15, 0.2) is 52.4 Å². The van der Waals surface area contributed by atoms with E-state index in [0.717, 1.165) is 18.4 Å². The third-order valence-corrected chi connectivity index (χ3v) is 7.00. The monoisotopic (exact) mass is 489 g/mol. The number of rotatable bonds is 7. The first-order valence-electron chi connectivity index (χ1n) is 10.9. The zero-order valence-electron chi connectivity index (χ0n) is 18.4. The summed E-state index contributed by atoms with van der Waals surface area (Å²) >= 11 is 7.34. The van der Waals surface area contributed by atoms with Crippen LogP contribution in [0.25, 0.3) is 10.9 Å². The molecule has 0 saturated carbocycles. The molecule has 0 radical (unpaired) electrons. The topological polar surface area (TPSA) is 73.2 Å². The number of carbonyl (C=O) groups excluding carboxylic acids is 1. The SMILES string of the molecule is C[C@H](Sc1nc2cc(Cl)ccc2c(=O)n1C[C@H]1CCCO1)C(=O)N[C@H](C)c1ccc(F)cc1. The predicted octanol–water partition coefficient (Wildman–Crippen LogP) is 4.73. The van der Waals surface area contributed by atoms with Gasteiger partial charge in [0.25, 0.3) is 5.56 Å². The van der Waals surface area contributed by atoms with Crippen LogP contribution >= 0.6 is 23.4 Å². The summed E-state index contributed by atoms with van der Waals surface area (Å²) in [7, 11) is 0. The molecule has 0 bridgehead atoms. The number of nitrogens with one attached hydrogen (secondary N) is 1. The number of carbonyl (C=O) groups is 1. The Morgan fingerprint density at radius 2 is 2.06 bits per heavy atom. The van der Waals surface area contributed by atoms with Crippen molar-refractivity contribution in [3.63, 3.8) is 0 Å². The first kappa shape index (κ1) is 23.7. The highest BCUT2D eigenvalue weighted by atomic mass is 35.5. The highest BCUT2D eigenvalue weighted by molar-refractivity contribution is 8.00. The number of amides is 1. The van der Waals surface area contributed by atoms with Crippen molar-refractivity contribution >= 4 is 40.2 Å². The Morgan fingerprint density at radius 3 is 2.76 bits per heavy atom. The van der Waals surface area contributed by atoms with Gasteiger partial charge < -0.3 is 10.1 Å². The Labute approximate surface area is 200 Å². The molecule has 1 N–H and O–H groups in total. The van der Waals surface area contributed by atoms with Gasteiger partial charge in [-0.2, -0.15) is 0 Å². The second-order valence-corrected chi connectivity index (χ2v) is 9.89. The highest BCUT2D eigenvalue weighted by Crippen LogP contribution is 2.26. The van der Waals surface area contributed by atoms with Crippen molar-refractivity contribution in [2.45, 2.75) is 55.8 Å². The van der Waals surface area contributed by atoms with Gasteiger partial charge in [0.2, 0.25) is 5.91 Å². The van der Waals surface area contributed by atoms with Crippen LogP contribution in [0.1, 0.15) is 38.3 Å². The maximum Gasteiger partial charge on any atom is 0.262 e. The minimum absolute atomic E-state index is 0.0590. The predicted molar refractivity (Wildman–Crippen MR) is 128 cm³/mol. The van der Waals surface area contributed by atoms with Crippen molar-refractivity contribution in [2.24, 2.45) is 0 Å². The number of thioether (sulfide) groups is 1. The molecular formula is C24H25ClFN3O3S. The number of aromatic nitrogens is 2. The molecule has 4 rings (SSSR count). The van der Waals surface area contributed by atoms with E-state index in [1.165, 1.54) is 23.9 Å². The van der Waals surface area contributed by atoms with Gasteiger partial charge in [0.15, 0.2) is 5.16 Å². The van der Waals surface area contributed by atoms with Gasteiger partial charge in [0.05, 0.1) is 34.8 Å². The van der Waals surface area contributed by atoms with Crippen LogP contribution in [-0.2, 0) is 16.1 Å². The Kier molecular flexibility index (Phi) is 7.36. The van der Waals surface area contributed by atoms with Crippen molar-refractivity contribution in [1.29, 1.82) is 0 Å². The third kappa shape index (κ3) is 5.57. The van der Waals surface area contributed by atoms with Crippen molar-refractivity contribution in [2.75, 3.05) is 6.61 Å². The molecular weight excluding hydrogens is 465 g/mol. The molecule has 1 amide bonds. The van der Waals surface area contributed by atoms with E-state index < -0.39 is 5.25 Å². The van der Waals surface area contributed by atoms with E-state index in [4.69, 9.17) is 16.3 Å². The molecule has 3 atom stereocenters. The maximum atomic E-state index is 13.3. The fraction of sp³-hybridized carbons (Fsp3) is 0.375. The molecule has 0 aliphatic carbocycles. The van der Waals surface area contributed by atoms with Crippen molar-refractivity contribution in [1.82, 2.24) is 14.9 Å². The van der Waals surface area contributed by atoms with Crippen LogP contribution in [0.2, 0.25) is 5.02 Å². The summed E-state index contributed by atoms with van der Waals surface area (Å²) < 4.78 is 20.5. The zero-order chi connectivity index (χ0) is 23.5. The Morgan fingerprint density at radius 1 is 1.30 bits per heavy atom. The van der Waals surface area contributed by atoms with E-state index >= 15 is 0 Å². The molecule has 174 valence electrons. The summed E-state index contributed by atoms with van der Waals surface area (Å²) in [6, 6.07) is 10.7. The van der Waals surface area contributed by atoms with Crippen LogP contribution in [0, 0.1) is 5.82 Å². The molecule has 1 fully saturated rings. The first-order valence-corrected chi connectivity index (χ1v) is 12.1. The summed E-state index contributed by atoms with van der Waals surface area (Å²) in [5, 5.41) is 3.83. The average Bonchev–Trinajstić information content (AvgIpc) is 3.30. The van der Waals surface area contributed by atoms with Gasteiger partial charge in [-0.1, -0.05) is 35.5 Å². The molecule has 2 aromatic carbocycles.